The normalized spacial score (nSPS) is 24.2. The number of rotatable bonds is 5. The zero-order valence-corrected chi connectivity index (χ0v) is 18.1. The molecule has 2 fully saturated rings. The molecule has 0 aliphatic carbocycles. The molecule has 0 radical (unpaired) electrons. The minimum atomic E-state index is -0.222. The Hall–Kier alpha value is -2.67. The van der Waals surface area contributed by atoms with E-state index >= 15 is 0 Å². The molecule has 3 atom stereocenters. The fraction of sp³-hybridized carbons (Fsp3) is 0.385. The standard InChI is InChI=1S/C26H29FN4O/c27-23-5-3-4-22(12-23)20-6-8-21(9-7-20)26-24-16-30(15-19-13-28-18-29-14-19)10-1-2-11-31(24)25(26)17-32/h3-9,12-14,18,24-26,32H,1-2,10-11,15-17H2/t24-,25-,26+/m1/s1. The molecule has 2 saturated heterocycles. The van der Waals surface area contributed by atoms with Crippen molar-refractivity contribution in [3.8, 4) is 11.1 Å². The van der Waals surface area contributed by atoms with Gasteiger partial charge in [-0.05, 0) is 54.8 Å². The molecule has 0 unspecified atom stereocenters. The van der Waals surface area contributed by atoms with Crippen molar-refractivity contribution in [2.75, 3.05) is 26.2 Å². The van der Waals surface area contributed by atoms with E-state index in [-0.39, 0.29) is 24.4 Å². The van der Waals surface area contributed by atoms with Gasteiger partial charge in [-0.15, -0.1) is 0 Å². The van der Waals surface area contributed by atoms with E-state index in [1.54, 1.807) is 18.5 Å². The third kappa shape index (κ3) is 4.31. The number of halogens is 1. The summed E-state index contributed by atoms with van der Waals surface area (Å²) in [4.78, 5) is 13.3. The Labute approximate surface area is 188 Å². The van der Waals surface area contributed by atoms with Crippen LogP contribution >= 0.6 is 0 Å². The SMILES string of the molecule is OC[C@@H]1[C@@H](c2ccc(-c3cccc(F)c3)cc2)[C@H]2CN(Cc3cncnc3)CCCCN12. The molecule has 5 rings (SSSR count). The lowest BCUT2D eigenvalue weighted by molar-refractivity contribution is -0.0655. The first-order chi connectivity index (χ1) is 15.7. The van der Waals surface area contributed by atoms with E-state index in [0.717, 1.165) is 55.7 Å². The maximum Gasteiger partial charge on any atom is 0.123 e. The molecule has 6 heteroatoms. The summed E-state index contributed by atoms with van der Waals surface area (Å²) in [5, 5.41) is 10.2. The van der Waals surface area contributed by atoms with Crippen LogP contribution in [-0.4, -0.2) is 63.2 Å². The number of aliphatic hydroxyl groups excluding tert-OH is 1. The maximum atomic E-state index is 13.6. The van der Waals surface area contributed by atoms with Gasteiger partial charge in [0.15, 0.2) is 0 Å². The number of hydrogen-bond acceptors (Lipinski definition) is 5. The average Bonchev–Trinajstić information content (AvgIpc) is 2.81. The van der Waals surface area contributed by atoms with Crippen LogP contribution in [0.15, 0.2) is 67.3 Å². The number of aromatic nitrogens is 2. The number of fused-ring (bicyclic) bond motifs is 1. The highest BCUT2D eigenvalue weighted by molar-refractivity contribution is 5.63. The Morgan fingerprint density at radius 2 is 1.75 bits per heavy atom. The van der Waals surface area contributed by atoms with Gasteiger partial charge in [-0.1, -0.05) is 36.4 Å². The minimum absolute atomic E-state index is 0.153. The van der Waals surface area contributed by atoms with E-state index in [4.69, 9.17) is 0 Å². The molecule has 0 saturated carbocycles. The lowest BCUT2D eigenvalue weighted by atomic mass is 9.74. The summed E-state index contributed by atoms with van der Waals surface area (Å²) in [6.07, 6.45) is 7.65. The topological polar surface area (TPSA) is 52.5 Å². The Kier molecular flexibility index (Phi) is 6.26. The molecule has 3 aromatic rings. The van der Waals surface area contributed by atoms with Gasteiger partial charge in [-0.25, -0.2) is 14.4 Å². The zero-order chi connectivity index (χ0) is 21.9. The molecule has 2 aliphatic rings. The Morgan fingerprint density at radius 3 is 2.50 bits per heavy atom. The third-order valence-electron chi connectivity index (χ3n) is 6.93. The first kappa shape index (κ1) is 21.2. The van der Waals surface area contributed by atoms with Gasteiger partial charge in [0.2, 0.25) is 0 Å². The highest BCUT2D eigenvalue weighted by Gasteiger charge is 2.49. The first-order valence-electron chi connectivity index (χ1n) is 11.4. The van der Waals surface area contributed by atoms with Gasteiger partial charge in [0, 0.05) is 49.0 Å². The summed E-state index contributed by atoms with van der Waals surface area (Å²) in [6.45, 7) is 4.07. The Bertz CT molecular complexity index is 1030. The van der Waals surface area contributed by atoms with Crippen LogP contribution in [-0.2, 0) is 6.54 Å². The molecule has 0 spiro atoms. The number of nitrogens with zero attached hydrogens (tertiary/aromatic N) is 4. The Balaban J connectivity index is 1.36. The molecule has 3 heterocycles. The van der Waals surface area contributed by atoms with E-state index < -0.39 is 0 Å². The summed E-state index contributed by atoms with van der Waals surface area (Å²) in [5.74, 6) is 0.0640. The summed E-state index contributed by atoms with van der Waals surface area (Å²) < 4.78 is 13.6. The third-order valence-corrected chi connectivity index (χ3v) is 6.93. The van der Waals surface area contributed by atoms with E-state index in [2.05, 4.69) is 44.0 Å². The summed E-state index contributed by atoms with van der Waals surface area (Å²) in [7, 11) is 0. The fourth-order valence-corrected chi connectivity index (χ4v) is 5.39. The van der Waals surface area contributed by atoms with E-state index in [1.807, 2.05) is 18.5 Å². The van der Waals surface area contributed by atoms with Crippen molar-refractivity contribution < 1.29 is 9.50 Å². The summed E-state index contributed by atoms with van der Waals surface area (Å²) in [5.41, 5.74) is 4.27. The van der Waals surface area contributed by atoms with Crippen molar-refractivity contribution in [3.05, 3.63) is 84.2 Å². The van der Waals surface area contributed by atoms with Crippen LogP contribution in [0.25, 0.3) is 11.1 Å². The van der Waals surface area contributed by atoms with Crippen molar-refractivity contribution in [2.24, 2.45) is 0 Å². The first-order valence-corrected chi connectivity index (χ1v) is 11.4. The second-order valence-corrected chi connectivity index (χ2v) is 8.90. The molecule has 32 heavy (non-hydrogen) atoms. The second-order valence-electron chi connectivity index (χ2n) is 8.90. The smallest absolute Gasteiger partial charge is 0.123 e. The molecule has 2 aliphatic heterocycles. The van der Waals surface area contributed by atoms with Crippen LogP contribution in [0.3, 0.4) is 0 Å². The lowest BCUT2D eigenvalue weighted by Gasteiger charge is -2.57. The monoisotopic (exact) mass is 432 g/mol. The van der Waals surface area contributed by atoms with Gasteiger partial charge in [-0.2, -0.15) is 0 Å². The summed E-state index contributed by atoms with van der Waals surface area (Å²) >= 11 is 0. The zero-order valence-electron chi connectivity index (χ0n) is 18.1. The van der Waals surface area contributed by atoms with Crippen LogP contribution in [0.1, 0.15) is 29.9 Å². The van der Waals surface area contributed by atoms with Crippen molar-refractivity contribution in [3.63, 3.8) is 0 Å². The molecule has 1 aromatic heterocycles. The van der Waals surface area contributed by atoms with Gasteiger partial charge in [0.25, 0.3) is 0 Å². The van der Waals surface area contributed by atoms with E-state index in [9.17, 15) is 9.50 Å². The van der Waals surface area contributed by atoms with Gasteiger partial charge in [0.05, 0.1) is 6.61 Å². The van der Waals surface area contributed by atoms with Gasteiger partial charge >= 0.3 is 0 Å². The van der Waals surface area contributed by atoms with Crippen LogP contribution < -0.4 is 0 Å². The van der Waals surface area contributed by atoms with Crippen molar-refractivity contribution in [1.82, 2.24) is 19.8 Å². The molecular weight excluding hydrogens is 403 g/mol. The molecule has 0 bridgehead atoms. The van der Waals surface area contributed by atoms with Crippen LogP contribution in [0.2, 0.25) is 0 Å². The highest BCUT2D eigenvalue weighted by Crippen LogP contribution is 2.42. The van der Waals surface area contributed by atoms with Crippen LogP contribution in [0.5, 0.6) is 0 Å². The van der Waals surface area contributed by atoms with Crippen LogP contribution in [0, 0.1) is 5.82 Å². The van der Waals surface area contributed by atoms with Crippen molar-refractivity contribution in [1.29, 1.82) is 0 Å². The number of aliphatic hydroxyl groups is 1. The number of hydrogen-bond donors (Lipinski definition) is 1. The molecule has 5 nitrogen and oxygen atoms in total. The van der Waals surface area contributed by atoms with Crippen molar-refractivity contribution in [2.45, 2.75) is 37.4 Å². The molecular formula is C26H29FN4O. The quantitative estimate of drug-likeness (QED) is 0.666. The minimum Gasteiger partial charge on any atom is -0.395 e. The predicted molar refractivity (Wildman–Crippen MR) is 122 cm³/mol. The van der Waals surface area contributed by atoms with Crippen LogP contribution in [0.4, 0.5) is 4.39 Å². The average molecular weight is 433 g/mol. The van der Waals surface area contributed by atoms with E-state index in [0.29, 0.717) is 6.04 Å². The predicted octanol–water partition coefficient (Wildman–Crippen LogP) is 3.71. The van der Waals surface area contributed by atoms with Gasteiger partial charge < -0.3 is 5.11 Å². The Morgan fingerprint density at radius 1 is 0.969 bits per heavy atom. The molecule has 1 N–H and O–H groups in total. The second kappa shape index (κ2) is 9.45. The lowest BCUT2D eigenvalue weighted by Crippen LogP contribution is -2.67. The molecule has 0 amide bonds. The van der Waals surface area contributed by atoms with E-state index in [1.165, 1.54) is 11.6 Å². The fourth-order valence-electron chi connectivity index (χ4n) is 5.39. The largest absolute Gasteiger partial charge is 0.395 e. The van der Waals surface area contributed by atoms with Crippen molar-refractivity contribution >= 4 is 0 Å². The molecule has 166 valence electrons. The number of benzene rings is 2. The highest BCUT2D eigenvalue weighted by atomic mass is 19.1. The van der Waals surface area contributed by atoms with Gasteiger partial charge in [-0.3, -0.25) is 9.80 Å². The molecule has 2 aromatic carbocycles. The summed E-state index contributed by atoms with van der Waals surface area (Å²) in [6, 6.07) is 15.7. The maximum absolute atomic E-state index is 13.6. The van der Waals surface area contributed by atoms with Gasteiger partial charge in [0.1, 0.15) is 12.1 Å².